The maximum absolute atomic E-state index is 14.0. The third kappa shape index (κ3) is 13.8. The molecule has 0 bridgehead atoms. The van der Waals surface area contributed by atoms with Crippen molar-refractivity contribution in [1.29, 1.82) is 0 Å². The molecule has 11 N–H and O–H groups in total. The minimum atomic E-state index is -1.91. The molecule has 1 fully saturated rings. The van der Waals surface area contributed by atoms with Gasteiger partial charge in [-0.2, -0.15) is 0 Å². The number of nitrogens with zero attached hydrogens (tertiary/aromatic N) is 1. The van der Waals surface area contributed by atoms with Gasteiger partial charge < -0.3 is 48.5 Å². The van der Waals surface area contributed by atoms with Gasteiger partial charge in [-0.05, 0) is 49.1 Å². The Morgan fingerprint density at radius 3 is 1.96 bits per heavy atom. The standard InChI is InChI=1S/C39H54N8O9/c1-3-23(2)33(35(42)52)46-36(53)26(17-18-30(40)48)44-38(55)29-15-10-20-47(29)39(56)34(51)27(21-25-13-8-5-9-14-25)45-37(54)28(22-31(41)49)43-32(50)19-16-24-11-6-4-7-12-24/h4-9,11-14,23,26-29,33-34,51H,3,10,15-22H2,1-2H3,(H2,40,48)(H2,41,49)(H2,42,52)(H,43,50)(H,44,55)(H,45,54)(H,46,53)/t23-,26+,27+,28+,29+,33+,34+/m1/s1. The van der Waals surface area contributed by atoms with Crippen molar-refractivity contribution >= 4 is 47.3 Å². The van der Waals surface area contributed by atoms with Gasteiger partial charge in [0, 0.05) is 19.4 Å². The summed E-state index contributed by atoms with van der Waals surface area (Å²) in [7, 11) is 0. The Labute approximate surface area is 325 Å². The van der Waals surface area contributed by atoms with Crippen LogP contribution in [0.2, 0.25) is 0 Å². The van der Waals surface area contributed by atoms with E-state index in [1.807, 2.05) is 30.3 Å². The summed E-state index contributed by atoms with van der Waals surface area (Å²) in [6.07, 6.45) is -1.59. The summed E-state index contributed by atoms with van der Waals surface area (Å²) in [5.74, 6) is -6.53. The number of carbonyl (C=O) groups excluding carboxylic acids is 8. The molecule has 1 saturated heterocycles. The van der Waals surface area contributed by atoms with E-state index >= 15 is 0 Å². The quantitative estimate of drug-likeness (QED) is 0.0714. The fourth-order valence-corrected chi connectivity index (χ4v) is 6.42. The molecule has 0 saturated carbocycles. The summed E-state index contributed by atoms with van der Waals surface area (Å²) in [4.78, 5) is 104. The fourth-order valence-electron chi connectivity index (χ4n) is 6.42. The van der Waals surface area contributed by atoms with E-state index in [0.717, 1.165) is 10.5 Å². The largest absolute Gasteiger partial charge is 0.381 e. The summed E-state index contributed by atoms with van der Waals surface area (Å²) < 4.78 is 0. The zero-order chi connectivity index (χ0) is 41.4. The van der Waals surface area contributed by atoms with Gasteiger partial charge >= 0.3 is 0 Å². The smallest absolute Gasteiger partial charge is 0.254 e. The Morgan fingerprint density at radius 2 is 1.39 bits per heavy atom. The topological polar surface area (TPSA) is 286 Å². The second-order valence-electron chi connectivity index (χ2n) is 14.1. The number of carbonyl (C=O) groups is 8. The van der Waals surface area contributed by atoms with Crippen molar-refractivity contribution < 1.29 is 43.5 Å². The van der Waals surface area contributed by atoms with Crippen LogP contribution >= 0.6 is 0 Å². The number of hydrogen-bond acceptors (Lipinski definition) is 9. The number of aliphatic hydroxyl groups excluding tert-OH is 1. The van der Waals surface area contributed by atoms with Gasteiger partial charge in [0.25, 0.3) is 5.91 Å². The Hall–Kier alpha value is -5.84. The number of primary amides is 3. The van der Waals surface area contributed by atoms with Gasteiger partial charge in [-0.3, -0.25) is 38.4 Å². The van der Waals surface area contributed by atoms with Gasteiger partial charge in [0.2, 0.25) is 41.4 Å². The van der Waals surface area contributed by atoms with Crippen molar-refractivity contribution in [2.75, 3.05) is 6.54 Å². The predicted molar refractivity (Wildman–Crippen MR) is 204 cm³/mol. The summed E-state index contributed by atoms with van der Waals surface area (Å²) in [5, 5.41) is 21.8. The number of aryl methyl sites for hydroxylation is 1. The molecule has 1 heterocycles. The highest BCUT2D eigenvalue weighted by molar-refractivity contribution is 5.96. The lowest BCUT2D eigenvalue weighted by Gasteiger charge is -2.32. The first-order valence-corrected chi connectivity index (χ1v) is 18.7. The van der Waals surface area contributed by atoms with Gasteiger partial charge in [0.15, 0.2) is 6.10 Å². The Bertz CT molecular complexity index is 1690. The lowest BCUT2D eigenvalue weighted by molar-refractivity contribution is -0.147. The number of amides is 8. The van der Waals surface area contributed by atoms with Crippen LogP contribution in [0.25, 0.3) is 0 Å². The molecule has 3 rings (SSSR count). The first-order valence-electron chi connectivity index (χ1n) is 18.7. The maximum Gasteiger partial charge on any atom is 0.254 e. The average molecular weight is 779 g/mol. The minimum Gasteiger partial charge on any atom is -0.381 e. The molecule has 7 atom stereocenters. The summed E-state index contributed by atoms with van der Waals surface area (Å²) >= 11 is 0. The molecule has 1 aliphatic heterocycles. The Kier molecular flexibility index (Phi) is 17.4. The molecular formula is C39H54N8O9. The molecular weight excluding hydrogens is 724 g/mol. The molecule has 0 unspecified atom stereocenters. The Balaban J connectivity index is 1.80. The van der Waals surface area contributed by atoms with Crippen molar-refractivity contribution in [3.05, 3.63) is 71.8 Å². The van der Waals surface area contributed by atoms with E-state index in [1.165, 1.54) is 0 Å². The van der Waals surface area contributed by atoms with E-state index in [9.17, 15) is 43.5 Å². The van der Waals surface area contributed by atoms with E-state index in [-0.39, 0.29) is 44.6 Å². The zero-order valence-electron chi connectivity index (χ0n) is 31.8. The summed E-state index contributed by atoms with van der Waals surface area (Å²) in [6, 6.07) is 11.6. The van der Waals surface area contributed by atoms with Crippen LogP contribution in [0.4, 0.5) is 0 Å². The summed E-state index contributed by atoms with van der Waals surface area (Å²) in [6.45, 7) is 3.58. The molecule has 56 heavy (non-hydrogen) atoms. The second-order valence-corrected chi connectivity index (χ2v) is 14.1. The van der Waals surface area contributed by atoms with Gasteiger partial charge in [0.1, 0.15) is 24.2 Å². The van der Waals surface area contributed by atoms with Gasteiger partial charge in [-0.15, -0.1) is 0 Å². The molecule has 1 aliphatic rings. The molecule has 2 aromatic rings. The monoisotopic (exact) mass is 778 g/mol. The third-order valence-corrected chi connectivity index (χ3v) is 9.77. The van der Waals surface area contributed by atoms with Crippen LogP contribution in [0, 0.1) is 5.92 Å². The number of benzene rings is 2. The van der Waals surface area contributed by atoms with Crippen LogP contribution in [-0.2, 0) is 51.2 Å². The zero-order valence-corrected chi connectivity index (χ0v) is 31.8. The van der Waals surface area contributed by atoms with Crippen molar-refractivity contribution in [2.45, 2.75) is 108 Å². The molecule has 0 aliphatic carbocycles. The highest BCUT2D eigenvalue weighted by atomic mass is 16.3. The number of nitrogens with two attached hydrogens (primary N) is 3. The molecule has 2 aromatic carbocycles. The van der Waals surface area contributed by atoms with Crippen LogP contribution in [0.1, 0.15) is 69.9 Å². The van der Waals surface area contributed by atoms with Crippen LogP contribution in [0.5, 0.6) is 0 Å². The molecule has 8 amide bonds. The maximum atomic E-state index is 14.0. The Morgan fingerprint density at radius 1 is 0.786 bits per heavy atom. The van der Waals surface area contributed by atoms with E-state index in [4.69, 9.17) is 17.2 Å². The van der Waals surface area contributed by atoms with Crippen molar-refractivity contribution in [1.82, 2.24) is 26.2 Å². The average Bonchev–Trinajstić information content (AvgIpc) is 3.67. The second kappa shape index (κ2) is 21.9. The molecule has 0 radical (unpaired) electrons. The molecule has 0 spiro atoms. The number of nitrogens with one attached hydrogen (secondary N) is 4. The minimum absolute atomic E-state index is 0.00809. The van der Waals surface area contributed by atoms with E-state index in [2.05, 4.69) is 21.3 Å². The predicted octanol–water partition coefficient (Wildman–Crippen LogP) is -1.17. The molecule has 17 heteroatoms. The number of rotatable bonds is 22. The van der Waals surface area contributed by atoms with Crippen molar-refractivity contribution in [2.24, 2.45) is 23.1 Å². The van der Waals surface area contributed by atoms with Crippen LogP contribution in [0.15, 0.2) is 60.7 Å². The van der Waals surface area contributed by atoms with Gasteiger partial charge in [-0.1, -0.05) is 80.9 Å². The first-order chi connectivity index (χ1) is 26.6. The number of likely N-dealkylation sites (tertiary alicyclic amines) is 1. The van der Waals surface area contributed by atoms with Gasteiger partial charge in [0.05, 0.1) is 12.5 Å². The van der Waals surface area contributed by atoms with Crippen LogP contribution in [0.3, 0.4) is 0 Å². The highest BCUT2D eigenvalue weighted by Gasteiger charge is 2.41. The van der Waals surface area contributed by atoms with Crippen molar-refractivity contribution in [3.8, 4) is 0 Å². The first kappa shape index (κ1) is 44.6. The lowest BCUT2D eigenvalue weighted by atomic mass is 9.97. The normalized spacial score (nSPS) is 16.9. The SMILES string of the molecule is CC[C@@H](C)[C@H](NC(=O)[C@H](CCC(N)=O)NC(=O)[C@@H]1CCCN1C(=O)[C@@H](O)[C@H](Cc1ccccc1)NC(=O)[C@H](CC(N)=O)NC(=O)CCc1ccccc1)C(N)=O. The molecule has 0 aromatic heterocycles. The highest BCUT2D eigenvalue weighted by Crippen LogP contribution is 2.21. The van der Waals surface area contributed by atoms with E-state index < -0.39 is 90.0 Å². The van der Waals surface area contributed by atoms with Crippen LogP contribution < -0.4 is 38.5 Å². The number of hydrogen-bond donors (Lipinski definition) is 8. The molecule has 304 valence electrons. The van der Waals surface area contributed by atoms with Gasteiger partial charge in [-0.25, -0.2) is 0 Å². The fraction of sp³-hybridized carbons (Fsp3) is 0.487. The van der Waals surface area contributed by atoms with Crippen molar-refractivity contribution in [3.63, 3.8) is 0 Å². The summed E-state index contributed by atoms with van der Waals surface area (Å²) in [5.41, 5.74) is 17.8. The lowest BCUT2D eigenvalue weighted by Crippen LogP contribution is -2.60. The van der Waals surface area contributed by atoms with E-state index in [0.29, 0.717) is 24.8 Å². The van der Waals surface area contributed by atoms with Crippen LogP contribution in [-0.4, -0.2) is 100 Å². The third-order valence-electron chi connectivity index (χ3n) is 9.77. The number of aliphatic hydroxyl groups is 1. The molecule has 17 nitrogen and oxygen atoms in total. The van der Waals surface area contributed by atoms with E-state index in [1.54, 1.807) is 44.2 Å².